The predicted octanol–water partition coefficient (Wildman–Crippen LogP) is 4.61. The van der Waals surface area contributed by atoms with Gasteiger partial charge in [0.25, 0.3) is 5.56 Å². The number of nitrogens with one attached hydrogen (secondary N) is 1. The number of anilines is 2. The van der Waals surface area contributed by atoms with E-state index >= 15 is 0 Å². The van der Waals surface area contributed by atoms with E-state index in [0.717, 1.165) is 11.1 Å². The Labute approximate surface area is 205 Å². The predicted molar refractivity (Wildman–Crippen MR) is 133 cm³/mol. The maximum Gasteiger partial charge on any atom is 0.337 e. The molecule has 8 nitrogen and oxygen atoms in total. The molecule has 0 bridgehead atoms. The van der Waals surface area contributed by atoms with E-state index < -0.39 is 17.6 Å². The first-order valence-electron chi connectivity index (χ1n) is 10.9. The molecule has 0 spiro atoms. The molecule has 5 rings (SSSR count). The van der Waals surface area contributed by atoms with E-state index in [1.807, 2.05) is 42.2 Å². The van der Waals surface area contributed by atoms with Crippen molar-refractivity contribution in [3.8, 4) is 6.07 Å². The highest BCUT2D eigenvalue weighted by Crippen LogP contribution is 2.31. The van der Waals surface area contributed by atoms with E-state index in [4.69, 9.17) is 16.6 Å². The monoisotopic (exact) mass is 485 g/mol. The van der Waals surface area contributed by atoms with Gasteiger partial charge in [0.05, 0.1) is 16.6 Å². The van der Waals surface area contributed by atoms with Crippen LogP contribution >= 0.6 is 11.6 Å². The Morgan fingerprint density at radius 2 is 1.83 bits per heavy atom. The molecule has 0 saturated heterocycles. The number of halogens is 1. The second-order valence-corrected chi connectivity index (χ2v) is 8.81. The number of pyridine rings is 1. The number of nitriles is 1. The maximum absolute atomic E-state index is 13.4. The number of fused-ring (bicyclic) bond motifs is 2. The van der Waals surface area contributed by atoms with Crippen molar-refractivity contribution in [1.82, 2.24) is 9.38 Å². The number of benzene rings is 2. The molecule has 1 atom stereocenters. The summed E-state index contributed by atoms with van der Waals surface area (Å²) in [5.41, 5.74) is 3.17. The van der Waals surface area contributed by atoms with E-state index in [1.165, 1.54) is 16.7 Å². The zero-order valence-electron chi connectivity index (χ0n) is 18.7. The van der Waals surface area contributed by atoms with E-state index in [-0.39, 0.29) is 11.1 Å². The summed E-state index contributed by atoms with van der Waals surface area (Å²) in [6.07, 6.45) is 1.44. The number of hydrogen-bond donors (Lipinski definition) is 2. The lowest BCUT2D eigenvalue weighted by Crippen LogP contribution is -2.27. The minimum atomic E-state index is -1.06. The lowest BCUT2D eigenvalue weighted by Gasteiger charge is -2.22. The van der Waals surface area contributed by atoms with Crippen LogP contribution in [0.15, 0.2) is 65.6 Å². The van der Waals surface area contributed by atoms with Crippen LogP contribution in [0.3, 0.4) is 0 Å². The minimum absolute atomic E-state index is 0.0552. The molecule has 0 fully saturated rings. The summed E-state index contributed by atoms with van der Waals surface area (Å²) in [6.45, 7) is 2.91. The van der Waals surface area contributed by atoms with Gasteiger partial charge in [-0.2, -0.15) is 5.26 Å². The normalized spacial score (nSPS) is 13.3. The quantitative estimate of drug-likeness (QED) is 0.424. The van der Waals surface area contributed by atoms with Gasteiger partial charge in [-0.3, -0.25) is 9.20 Å². The first-order valence-corrected chi connectivity index (χ1v) is 11.3. The van der Waals surface area contributed by atoms with Gasteiger partial charge in [0, 0.05) is 30.5 Å². The Balaban J connectivity index is 1.64. The van der Waals surface area contributed by atoms with Gasteiger partial charge in [-0.25, -0.2) is 9.78 Å². The van der Waals surface area contributed by atoms with Gasteiger partial charge in [-0.1, -0.05) is 48.0 Å². The van der Waals surface area contributed by atoms with Crippen molar-refractivity contribution in [3.63, 3.8) is 0 Å². The van der Waals surface area contributed by atoms with Gasteiger partial charge in [0.2, 0.25) is 0 Å². The Morgan fingerprint density at radius 1 is 1.17 bits per heavy atom. The van der Waals surface area contributed by atoms with Gasteiger partial charge in [0.15, 0.2) is 11.4 Å². The highest BCUT2D eigenvalue weighted by atomic mass is 35.5. The van der Waals surface area contributed by atoms with Crippen molar-refractivity contribution in [2.45, 2.75) is 26.1 Å². The SMILES string of the molecule is C[C@@H](Nc1ccccc1C(=O)O)c1cc(Cl)cn2c(=O)c(C#N)c(N3Cc4ccccc4C3)nc12. The zero-order chi connectivity index (χ0) is 24.7. The number of para-hydroxylation sites is 1. The number of carboxylic acids is 1. The fourth-order valence-corrected chi connectivity index (χ4v) is 4.67. The molecule has 174 valence electrons. The summed E-state index contributed by atoms with van der Waals surface area (Å²) in [7, 11) is 0. The third-order valence-corrected chi connectivity index (χ3v) is 6.36. The Morgan fingerprint density at radius 3 is 2.49 bits per heavy atom. The number of carboxylic acid groups (broad SMARTS) is 1. The zero-order valence-corrected chi connectivity index (χ0v) is 19.5. The molecule has 0 amide bonds. The molecule has 3 heterocycles. The minimum Gasteiger partial charge on any atom is -0.478 e. The molecule has 1 aliphatic rings. The summed E-state index contributed by atoms with van der Waals surface area (Å²) >= 11 is 6.35. The largest absolute Gasteiger partial charge is 0.478 e. The van der Waals surface area contributed by atoms with Crippen molar-refractivity contribution >= 4 is 34.7 Å². The topological polar surface area (TPSA) is 111 Å². The van der Waals surface area contributed by atoms with Crippen molar-refractivity contribution < 1.29 is 9.90 Å². The molecular formula is C26H20ClN5O3. The van der Waals surface area contributed by atoms with Gasteiger partial charge in [0.1, 0.15) is 11.7 Å². The lowest BCUT2D eigenvalue weighted by atomic mass is 10.1. The number of aromatic carboxylic acids is 1. The van der Waals surface area contributed by atoms with Gasteiger partial charge in [-0.15, -0.1) is 0 Å². The standard InChI is InChI=1S/C26H20ClN5O3/c1-15(29-22-9-5-4-8-19(22)26(34)35)20-10-18(27)14-32-24(20)30-23(21(11-28)25(32)33)31-12-16-6-2-3-7-17(16)13-31/h2-10,14-15,29H,12-13H2,1H3,(H,34,35)/t15-/m1/s1. The van der Waals surface area contributed by atoms with Crippen LogP contribution in [0.2, 0.25) is 5.02 Å². The average molecular weight is 486 g/mol. The summed E-state index contributed by atoms with van der Waals surface area (Å²) in [4.78, 5) is 31.7. The van der Waals surface area contributed by atoms with Crippen LogP contribution in [0, 0.1) is 11.3 Å². The van der Waals surface area contributed by atoms with E-state index in [1.54, 1.807) is 24.3 Å². The maximum atomic E-state index is 13.4. The smallest absolute Gasteiger partial charge is 0.337 e. The molecule has 0 saturated carbocycles. The van der Waals surface area contributed by atoms with Crippen molar-refractivity contribution in [3.05, 3.63) is 104 Å². The van der Waals surface area contributed by atoms with Gasteiger partial charge >= 0.3 is 5.97 Å². The first-order chi connectivity index (χ1) is 16.9. The second kappa shape index (κ2) is 8.78. The Kier molecular flexibility index (Phi) is 5.63. The number of rotatable bonds is 5. The third kappa shape index (κ3) is 3.96. The fraction of sp³-hybridized carbons (Fsp3) is 0.154. The molecule has 0 radical (unpaired) electrons. The highest BCUT2D eigenvalue weighted by Gasteiger charge is 2.26. The number of carbonyl (C=O) groups is 1. The molecule has 9 heteroatoms. The van der Waals surface area contributed by atoms with Crippen LogP contribution in [-0.2, 0) is 13.1 Å². The Bertz CT molecular complexity index is 1570. The van der Waals surface area contributed by atoms with Gasteiger partial charge < -0.3 is 15.3 Å². The second-order valence-electron chi connectivity index (χ2n) is 8.38. The molecule has 2 N–H and O–H groups in total. The van der Waals surface area contributed by atoms with Crippen molar-refractivity contribution in [2.24, 2.45) is 0 Å². The summed E-state index contributed by atoms with van der Waals surface area (Å²) < 4.78 is 1.28. The molecule has 35 heavy (non-hydrogen) atoms. The number of nitrogens with zero attached hydrogens (tertiary/aromatic N) is 4. The molecule has 1 aliphatic heterocycles. The van der Waals surface area contributed by atoms with Crippen LogP contribution in [0.4, 0.5) is 11.5 Å². The Hall–Kier alpha value is -4.35. The fourth-order valence-electron chi connectivity index (χ4n) is 4.45. The van der Waals surface area contributed by atoms with Crippen LogP contribution in [0.5, 0.6) is 0 Å². The summed E-state index contributed by atoms with van der Waals surface area (Å²) in [6, 6.07) is 17.8. The molecule has 2 aromatic carbocycles. The van der Waals surface area contributed by atoms with Crippen LogP contribution in [0.1, 0.15) is 45.6 Å². The van der Waals surface area contributed by atoms with E-state index in [2.05, 4.69) is 5.32 Å². The average Bonchev–Trinajstić information content (AvgIpc) is 3.28. The van der Waals surface area contributed by atoms with Gasteiger partial charge in [-0.05, 0) is 36.2 Å². The van der Waals surface area contributed by atoms with E-state index in [0.29, 0.717) is 40.8 Å². The van der Waals surface area contributed by atoms with Crippen LogP contribution in [0.25, 0.3) is 5.65 Å². The van der Waals surface area contributed by atoms with Crippen LogP contribution < -0.4 is 15.8 Å². The summed E-state index contributed by atoms with van der Waals surface area (Å²) in [5.74, 6) is -0.740. The highest BCUT2D eigenvalue weighted by molar-refractivity contribution is 6.30. The van der Waals surface area contributed by atoms with Crippen molar-refractivity contribution in [2.75, 3.05) is 10.2 Å². The number of hydrogen-bond acceptors (Lipinski definition) is 6. The lowest BCUT2D eigenvalue weighted by molar-refractivity contribution is 0.0698. The van der Waals surface area contributed by atoms with Crippen LogP contribution in [-0.4, -0.2) is 20.5 Å². The molecule has 0 aliphatic carbocycles. The molecule has 2 aromatic heterocycles. The first kappa shape index (κ1) is 22.4. The number of aromatic nitrogens is 2. The molecule has 4 aromatic rings. The van der Waals surface area contributed by atoms with Crippen molar-refractivity contribution in [1.29, 1.82) is 5.26 Å². The molecular weight excluding hydrogens is 466 g/mol. The summed E-state index contributed by atoms with van der Waals surface area (Å²) in [5, 5.41) is 22.9. The third-order valence-electron chi connectivity index (χ3n) is 6.15. The van der Waals surface area contributed by atoms with E-state index in [9.17, 15) is 20.0 Å². The molecule has 0 unspecified atom stereocenters.